The lowest BCUT2D eigenvalue weighted by Gasteiger charge is -2.04. The third-order valence-electron chi connectivity index (χ3n) is 3.69. The lowest BCUT2D eigenvalue weighted by atomic mass is 10.0. The van der Waals surface area contributed by atoms with E-state index in [0.29, 0.717) is 0 Å². The molecule has 0 aliphatic heterocycles. The number of hydrogen-bond donors (Lipinski definition) is 0. The molecular formula is C18H29Cl. The van der Waals surface area contributed by atoms with Gasteiger partial charge >= 0.3 is 0 Å². The number of alkyl halides is 1. The van der Waals surface area contributed by atoms with Crippen LogP contribution < -0.4 is 0 Å². The number of halogens is 1. The van der Waals surface area contributed by atoms with Crippen LogP contribution in [0.4, 0.5) is 0 Å². The van der Waals surface area contributed by atoms with E-state index in [1.165, 1.54) is 68.9 Å². The quantitative estimate of drug-likeness (QED) is 0.337. The monoisotopic (exact) mass is 280 g/mol. The van der Waals surface area contributed by atoms with Crippen molar-refractivity contribution in [3.63, 3.8) is 0 Å². The van der Waals surface area contributed by atoms with Gasteiger partial charge in [-0.05, 0) is 43.2 Å². The molecule has 19 heavy (non-hydrogen) atoms. The van der Waals surface area contributed by atoms with Crippen LogP contribution in [0.15, 0.2) is 24.3 Å². The topological polar surface area (TPSA) is 0 Å². The Hall–Kier alpha value is -0.490. The molecule has 0 fully saturated rings. The molecule has 0 aliphatic rings. The normalized spacial score (nSPS) is 10.8. The molecule has 0 radical (unpaired) electrons. The molecule has 0 unspecified atom stereocenters. The molecule has 1 heteroatoms. The molecule has 0 heterocycles. The Kier molecular flexibility index (Phi) is 9.89. The molecule has 0 saturated carbocycles. The highest BCUT2D eigenvalue weighted by molar-refractivity contribution is 6.17. The first-order valence-electron chi connectivity index (χ1n) is 8.00. The number of benzene rings is 1. The Balaban J connectivity index is 2.16. The Bertz CT molecular complexity index is 302. The van der Waals surface area contributed by atoms with Crippen LogP contribution in [-0.4, -0.2) is 5.88 Å². The van der Waals surface area contributed by atoms with Gasteiger partial charge in [-0.1, -0.05) is 63.3 Å². The molecule has 0 N–H and O–H groups in total. The molecule has 1 rings (SSSR count). The first-order chi connectivity index (χ1) is 9.36. The summed E-state index contributed by atoms with van der Waals surface area (Å²) >= 11 is 5.68. The van der Waals surface area contributed by atoms with Crippen molar-refractivity contribution < 1.29 is 0 Å². The van der Waals surface area contributed by atoms with E-state index in [-0.39, 0.29) is 0 Å². The fourth-order valence-electron chi connectivity index (χ4n) is 2.41. The molecule has 0 spiro atoms. The van der Waals surface area contributed by atoms with Crippen LogP contribution in [0.3, 0.4) is 0 Å². The summed E-state index contributed by atoms with van der Waals surface area (Å²) in [4.78, 5) is 0. The van der Waals surface area contributed by atoms with E-state index in [2.05, 4.69) is 31.2 Å². The highest BCUT2D eigenvalue weighted by atomic mass is 35.5. The Morgan fingerprint density at radius 3 is 1.63 bits per heavy atom. The van der Waals surface area contributed by atoms with E-state index in [9.17, 15) is 0 Å². The van der Waals surface area contributed by atoms with Crippen LogP contribution in [0.5, 0.6) is 0 Å². The van der Waals surface area contributed by atoms with E-state index in [1.54, 1.807) is 0 Å². The zero-order chi connectivity index (χ0) is 13.8. The van der Waals surface area contributed by atoms with Gasteiger partial charge in [-0.25, -0.2) is 0 Å². The number of aryl methyl sites for hydroxylation is 2. The maximum Gasteiger partial charge on any atom is 0.0223 e. The minimum absolute atomic E-state index is 0.812. The lowest BCUT2D eigenvalue weighted by molar-refractivity contribution is 0.664. The van der Waals surface area contributed by atoms with Crippen molar-refractivity contribution >= 4 is 11.6 Å². The van der Waals surface area contributed by atoms with Gasteiger partial charge in [-0.3, -0.25) is 0 Å². The Morgan fingerprint density at radius 1 is 0.684 bits per heavy atom. The van der Waals surface area contributed by atoms with E-state index >= 15 is 0 Å². The second kappa shape index (κ2) is 11.3. The standard InChI is InChI=1S/C18H29Cl/c1-2-3-4-7-10-17-12-14-18(15-13-17)11-8-5-6-9-16-19/h12-15H,2-11,16H2,1H3. The zero-order valence-corrected chi connectivity index (χ0v) is 13.2. The first kappa shape index (κ1) is 16.6. The SMILES string of the molecule is CCCCCCc1ccc(CCCCCCCl)cc1. The smallest absolute Gasteiger partial charge is 0.0223 e. The van der Waals surface area contributed by atoms with Gasteiger partial charge in [0.1, 0.15) is 0 Å². The summed E-state index contributed by atoms with van der Waals surface area (Å²) in [7, 11) is 0. The van der Waals surface area contributed by atoms with E-state index in [4.69, 9.17) is 11.6 Å². The fraction of sp³-hybridized carbons (Fsp3) is 0.667. The van der Waals surface area contributed by atoms with E-state index in [1.807, 2.05) is 0 Å². The van der Waals surface area contributed by atoms with Gasteiger partial charge in [-0.2, -0.15) is 0 Å². The largest absolute Gasteiger partial charge is 0.127 e. The Morgan fingerprint density at radius 2 is 1.16 bits per heavy atom. The van der Waals surface area contributed by atoms with Gasteiger partial charge in [0, 0.05) is 5.88 Å². The molecule has 0 aliphatic carbocycles. The van der Waals surface area contributed by atoms with Crippen molar-refractivity contribution in [1.82, 2.24) is 0 Å². The van der Waals surface area contributed by atoms with Crippen molar-refractivity contribution in [2.24, 2.45) is 0 Å². The average molecular weight is 281 g/mol. The second-order valence-corrected chi connectivity index (χ2v) is 5.86. The van der Waals surface area contributed by atoms with Crippen LogP contribution in [0.2, 0.25) is 0 Å². The van der Waals surface area contributed by atoms with Gasteiger partial charge in [0.05, 0.1) is 0 Å². The maximum atomic E-state index is 5.68. The third kappa shape index (κ3) is 8.31. The van der Waals surface area contributed by atoms with E-state index in [0.717, 1.165) is 12.3 Å². The second-order valence-electron chi connectivity index (χ2n) is 5.48. The maximum absolute atomic E-state index is 5.68. The van der Waals surface area contributed by atoms with Gasteiger partial charge in [-0.15, -0.1) is 11.6 Å². The summed E-state index contributed by atoms with van der Waals surface area (Å²) in [5.74, 6) is 0.812. The van der Waals surface area contributed by atoms with Crippen LogP contribution in [0, 0.1) is 0 Å². The van der Waals surface area contributed by atoms with Crippen molar-refractivity contribution in [2.45, 2.75) is 71.1 Å². The molecule has 1 aromatic rings. The van der Waals surface area contributed by atoms with Crippen LogP contribution >= 0.6 is 11.6 Å². The Labute approximate surface area is 124 Å². The summed E-state index contributed by atoms with van der Waals surface area (Å²) in [6.07, 6.45) is 12.9. The third-order valence-corrected chi connectivity index (χ3v) is 3.96. The lowest BCUT2D eigenvalue weighted by Crippen LogP contribution is -1.89. The summed E-state index contributed by atoms with van der Waals surface area (Å²) < 4.78 is 0. The van der Waals surface area contributed by atoms with Gasteiger partial charge < -0.3 is 0 Å². The molecule has 0 atom stereocenters. The highest BCUT2D eigenvalue weighted by Gasteiger charge is 1.96. The zero-order valence-electron chi connectivity index (χ0n) is 12.5. The van der Waals surface area contributed by atoms with Crippen molar-refractivity contribution in [1.29, 1.82) is 0 Å². The summed E-state index contributed by atoms with van der Waals surface area (Å²) in [5, 5.41) is 0. The average Bonchev–Trinajstić information content (AvgIpc) is 2.45. The van der Waals surface area contributed by atoms with Crippen molar-refractivity contribution in [2.75, 3.05) is 5.88 Å². The highest BCUT2D eigenvalue weighted by Crippen LogP contribution is 2.12. The fourth-order valence-corrected chi connectivity index (χ4v) is 2.59. The molecule has 108 valence electrons. The molecule has 0 aromatic heterocycles. The van der Waals surface area contributed by atoms with Gasteiger partial charge in [0.15, 0.2) is 0 Å². The number of unbranched alkanes of at least 4 members (excludes halogenated alkanes) is 6. The van der Waals surface area contributed by atoms with Crippen LogP contribution in [0.25, 0.3) is 0 Å². The summed E-state index contributed by atoms with van der Waals surface area (Å²) in [6, 6.07) is 9.27. The molecule has 0 bridgehead atoms. The molecule has 0 saturated heterocycles. The minimum atomic E-state index is 0.812. The molecular weight excluding hydrogens is 252 g/mol. The van der Waals surface area contributed by atoms with Gasteiger partial charge in [0.25, 0.3) is 0 Å². The predicted molar refractivity (Wildman–Crippen MR) is 87.2 cm³/mol. The molecule has 0 amide bonds. The summed E-state index contributed by atoms with van der Waals surface area (Å²) in [6.45, 7) is 2.27. The van der Waals surface area contributed by atoms with Crippen molar-refractivity contribution in [3.05, 3.63) is 35.4 Å². The summed E-state index contributed by atoms with van der Waals surface area (Å²) in [5.41, 5.74) is 2.99. The predicted octanol–water partition coefficient (Wildman–Crippen LogP) is 6.15. The van der Waals surface area contributed by atoms with E-state index < -0.39 is 0 Å². The number of hydrogen-bond acceptors (Lipinski definition) is 0. The van der Waals surface area contributed by atoms with Crippen molar-refractivity contribution in [3.8, 4) is 0 Å². The van der Waals surface area contributed by atoms with Crippen LogP contribution in [-0.2, 0) is 12.8 Å². The minimum Gasteiger partial charge on any atom is -0.127 e. The molecule has 0 nitrogen and oxygen atoms in total. The van der Waals surface area contributed by atoms with Gasteiger partial charge in [0.2, 0.25) is 0 Å². The number of rotatable bonds is 11. The van der Waals surface area contributed by atoms with Crippen LogP contribution in [0.1, 0.15) is 69.4 Å². The first-order valence-corrected chi connectivity index (χ1v) is 8.54. The molecule has 1 aromatic carbocycles.